The number of nitrogens with two attached hydrogens (primary N) is 1. The second-order valence-electron chi connectivity index (χ2n) is 6.73. The van der Waals surface area contributed by atoms with E-state index in [9.17, 15) is 14.4 Å². The molecule has 0 atom stereocenters. The fourth-order valence-corrected chi connectivity index (χ4v) is 3.41. The van der Waals surface area contributed by atoms with Gasteiger partial charge in [0.05, 0.1) is 11.4 Å². The molecule has 1 aliphatic rings. The molecule has 1 aromatic heterocycles. The Labute approximate surface area is 172 Å². The minimum Gasteiger partial charge on any atom is -0.486 e. The number of aromatic nitrogens is 2. The van der Waals surface area contributed by atoms with Crippen molar-refractivity contribution in [3.05, 3.63) is 43.6 Å². The summed E-state index contributed by atoms with van der Waals surface area (Å²) in [5.41, 5.74) is 5.30. The first kappa shape index (κ1) is 20.8. The lowest BCUT2D eigenvalue weighted by Crippen LogP contribution is -2.39. The number of likely N-dealkylation sites (N-methyl/N-ethyl adjacent to an activating group) is 1. The van der Waals surface area contributed by atoms with Gasteiger partial charge in [-0.05, 0) is 24.1 Å². The number of benzene rings is 1. The number of hydrogen-bond donors (Lipinski definition) is 2. The number of nitrogen functional groups attached to an aromatic ring is 1. The number of anilines is 2. The van der Waals surface area contributed by atoms with Crippen molar-refractivity contribution in [2.45, 2.75) is 32.7 Å². The lowest BCUT2D eigenvalue weighted by atomic mass is 10.1. The molecule has 2 heterocycles. The first-order valence-electron chi connectivity index (χ1n) is 9.30. The molecular weight excluding hydrogens is 400 g/mol. The number of nitrogens with one attached hydrogen (secondary N) is 1. The van der Waals surface area contributed by atoms with Gasteiger partial charge in [-0.25, -0.2) is 4.79 Å². The molecule has 10 heteroatoms. The van der Waals surface area contributed by atoms with E-state index in [4.69, 9.17) is 26.8 Å². The summed E-state index contributed by atoms with van der Waals surface area (Å²) in [5.74, 6) is 0.490. The van der Waals surface area contributed by atoms with Crippen LogP contribution in [0.5, 0.6) is 11.5 Å². The fourth-order valence-electron chi connectivity index (χ4n) is 3.12. The van der Waals surface area contributed by atoms with E-state index >= 15 is 0 Å². The molecule has 0 fully saturated rings. The molecule has 29 heavy (non-hydrogen) atoms. The smallest absolute Gasteiger partial charge is 0.330 e. The highest BCUT2D eigenvalue weighted by Gasteiger charge is 2.23. The summed E-state index contributed by atoms with van der Waals surface area (Å²) >= 11 is 6.22. The van der Waals surface area contributed by atoms with Crippen LogP contribution in [0.15, 0.2) is 21.7 Å². The van der Waals surface area contributed by atoms with Crippen LogP contribution in [0.25, 0.3) is 0 Å². The van der Waals surface area contributed by atoms with Gasteiger partial charge in [-0.3, -0.25) is 19.1 Å². The minimum absolute atomic E-state index is 0.0387. The minimum atomic E-state index is -0.712. The molecule has 1 aliphatic heterocycles. The standard InChI is InChI=1S/C19H23ClN4O5/c1-3-4-5-24-17(21)15(18(26)22-19(24)27)23(2)14(25)10-11-8-12(20)16-13(9-11)28-6-7-29-16/h8-9H,3-7,10,21H2,1-2H3,(H,22,26,27). The van der Waals surface area contributed by atoms with Crippen molar-refractivity contribution in [1.82, 2.24) is 9.55 Å². The zero-order valence-corrected chi connectivity index (χ0v) is 17.0. The lowest BCUT2D eigenvalue weighted by Gasteiger charge is -2.22. The highest BCUT2D eigenvalue weighted by molar-refractivity contribution is 6.32. The van der Waals surface area contributed by atoms with Crippen LogP contribution in [-0.4, -0.2) is 35.7 Å². The summed E-state index contributed by atoms with van der Waals surface area (Å²) < 4.78 is 12.3. The molecule has 0 spiro atoms. The second kappa shape index (κ2) is 8.60. The number of nitrogens with zero attached hydrogens (tertiary/aromatic N) is 2. The summed E-state index contributed by atoms with van der Waals surface area (Å²) in [6.07, 6.45) is 1.52. The molecule has 0 saturated heterocycles. The zero-order chi connectivity index (χ0) is 21.1. The highest BCUT2D eigenvalue weighted by Crippen LogP contribution is 2.38. The van der Waals surface area contributed by atoms with E-state index < -0.39 is 17.2 Å². The number of unbranched alkanes of at least 4 members (excludes halogenated alkanes) is 1. The number of carbonyl (C=O) groups excluding carboxylic acids is 1. The Morgan fingerprint density at radius 3 is 2.76 bits per heavy atom. The summed E-state index contributed by atoms with van der Waals surface area (Å²) in [6.45, 7) is 3.13. The van der Waals surface area contributed by atoms with E-state index in [0.29, 0.717) is 48.3 Å². The number of rotatable bonds is 6. The van der Waals surface area contributed by atoms with Crippen molar-refractivity contribution in [1.29, 1.82) is 0 Å². The van der Waals surface area contributed by atoms with E-state index in [1.54, 1.807) is 12.1 Å². The third-order valence-electron chi connectivity index (χ3n) is 4.67. The molecule has 0 radical (unpaired) electrons. The van der Waals surface area contributed by atoms with Gasteiger partial charge < -0.3 is 20.1 Å². The van der Waals surface area contributed by atoms with Crippen molar-refractivity contribution < 1.29 is 14.3 Å². The van der Waals surface area contributed by atoms with Crippen LogP contribution in [-0.2, 0) is 17.8 Å². The number of carbonyl (C=O) groups is 1. The molecule has 0 unspecified atom stereocenters. The average molecular weight is 423 g/mol. The van der Waals surface area contributed by atoms with Crippen LogP contribution < -0.4 is 31.4 Å². The van der Waals surface area contributed by atoms with Crippen molar-refractivity contribution in [3.8, 4) is 11.5 Å². The first-order valence-corrected chi connectivity index (χ1v) is 9.68. The number of hydrogen-bond acceptors (Lipinski definition) is 6. The Balaban J connectivity index is 1.88. The molecule has 2 aromatic rings. The van der Waals surface area contributed by atoms with Gasteiger partial charge in [0.15, 0.2) is 17.2 Å². The van der Waals surface area contributed by atoms with Gasteiger partial charge in [-0.15, -0.1) is 0 Å². The molecule has 3 N–H and O–H groups in total. The number of amides is 1. The van der Waals surface area contributed by atoms with E-state index in [0.717, 1.165) is 11.3 Å². The predicted octanol–water partition coefficient (Wildman–Crippen LogP) is 1.55. The molecular formula is C19H23ClN4O5. The van der Waals surface area contributed by atoms with Crippen LogP contribution in [0.1, 0.15) is 25.3 Å². The molecule has 156 valence electrons. The van der Waals surface area contributed by atoms with Crippen LogP contribution in [0.3, 0.4) is 0 Å². The molecule has 0 aliphatic carbocycles. The number of aromatic amines is 1. The molecule has 1 aromatic carbocycles. The number of ether oxygens (including phenoxy) is 2. The normalized spacial score (nSPS) is 12.7. The molecule has 0 bridgehead atoms. The SMILES string of the molecule is CCCCn1c(N)c(N(C)C(=O)Cc2cc(Cl)c3c(c2)OCCO3)c(=O)[nH]c1=O. The van der Waals surface area contributed by atoms with Gasteiger partial charge in [0.2, 0.25) is 5.91 Å². The number of H-pyrrole nitrogens is 1. The van der Waals surface area contributed by atoms with Crippen LogP contribution in [0, 0.1) is 0 Å². The van der Waals surface area contributed by atoms with Crippen molar-refractivity contribution in [2.75, 3.05) is 30.9 Å². The number of fused-ring (bicyclic) bond motifs is 1. The third kappa shape index (κ3) is 4.24. The topological polar surface area (TPSA) is 120 Å². The van der Waals surface area contributed by atoms with E-state index in [-0.39, 0.29) is 17.9 Å². The maximum Gasteiger partial charge on any atom is 0.330 e. The Morgan fingerprint density at radius 2 is 2.03 bits per heavy atom. The van der Waals surface area contributed by atoms with Crippen LogP contribution >= 0.6 is 11.6 Å². The Bertz CT molecular complexity index is 1050. The monoisotopic (exact) mass is 422 g/mol. The zero-order valence-electron chi connectivity index (χ0n) is 16.3. The molecule has 0 saturated carbocycles. The first-order chi connectivity index (χ1) is 13.8. The summed E-state index contributed by atoms with van der Waals surface area (Å²) in [5, 5.41) is 0.345. The Morgan fingerprint density at radius 1 is 1.31 bits per heavy atom. The van der Waals surface area contributed by atoms with Gasteiger partial charge in [-0.2, -0.15) is 0 Å². The van der Waals surface area contributed by atoms with Crippen molar-refractivity contribution in [2.24, 2.45) is 0 Å². The second-order valence-corrected chi connectivity index (χ2v) is 7.14. The fraction of sp³-hybridized carbons (Fsp3) is 0.421. The van der Waals surface area contributed by atoms with Crippen molar-refractivity contribution in [3.63, 3.8) is 0 Å². The Hall–Kier alpha value is -2.94. The maximum atomic E-state index is 12.8. The van der Waals surface area contributed by atoms with Crippen molar-refractivity contribution >= 4 is 29.0 Å². The molecule has 9 nitrogen and oxygen atoms in total. The average Bonchev–Trinajstić information content (AvgIpc) is 2.67. The van der Waals surface area contributed by atoms with Gasteiger partial charge in [0.25, 0.3) is 5.56 Å². The van der Waals surface area contributed by atoms with Gasteiger partial charge in [-0.1, -0.05) is 24.9 Å². The van der Waals surface area contributed by atoms with Crippen LogP contribution in [0.4, 0.5) is 11.5 Å². The van der Waals surface area contributed by atoms with E-state index in [1.165, 1.54) is 11.6 Å². The van der Waals surface area contributed by atoms with Gasteiger partial charge in [0, 0.05) is 13.6 Å². The molecule has 1 amide bonds. The maximum absolute atomic E-state index is 12.8. The predicted molar refractivity (Wildman–Crippen MR) is 110 cm³/mol. The molecule has 3 rings (SSSR count). The quantitative estimate of drug-likeness (QED) is 0.728. The van der Waals surface area contributed by atoms with Gasteiger partial charge >= 0.3 is 5.69 Å². The summed E-state index contributed by atoms with van der Waals surface area (Å²) in [4.78, 5) is 40.6. The third-order valence-corrected chi connectivity index (χ3v) is 4.95. The van der Waals surface area contributed by atoms with Crippen LogP contribution in [0.2, 0.25) is 5.02 Å². The summed E-state index contributed by atoms with van der Waals surface area (Å²) in [6, 6.07) is 3.30. The largest absolute Gasteiger partial charge is 0.486 e. The Kier molecular flexibility index (Phi) is 6.17. The number of halogens is 1. The summed E-state index contributed by atoms with van der Waals surface area (Å²) in [7, 11) is 1.44. The van der Waals surface area contributed by atoms with Gasteiger partial charge in [0.1, 0.15) is 19.0 Å². The lowest BCUT2D eigenvalue weighted by molar-refractivity contribution is -0.117. The van der Waals surface area contributed by atoms with E-state index in [2.05, 4.69) is 4.98 Å². The van der Waals surface area contributed by atoms with E-state index in [1.807, 2.05) is 6.92 Å². The highest BCUT2D eigenvalue weighted by atomic mass is 35.5.